The van der Waals surface area contributed by atoms with Crippen molar-refractivity contribution in [2.45, 2.75) is 0 Å². The van der Waals surface area contributed by atoms with Crippen LogP contribution in [-0.4, -0.2) is 10.8 Å². The molecule has 4 rings (SSSR count). The van der Waals surface area contributed by atoms with Crippen molar-refractivity contribution < 1.29 is 9.18 Å². The van der Waals surface area contributed by atoms with Crippen LogP contribution in [0.3, 0.4) is 0 Å². The van der Waals surface area contributed by atoms with Crippen LogP contribution < -0.4 is 0 Å². The lowest BCUT2D eigenvalue weighted by Crippen LogP contribution is -1.99. The molecule has 0 N–H and O–H groups in total. The molecule has 1 aliphatic carbocycles. The van der Waals surface area contributed by atoms with Crippen LogP contribution in [0, 0.1) is 5.82 Å². The SMILES string of the molecule is O=C1C=Cc2nc3ccsc3c(-c3ccc(F)c(Br)c3)c21. The van der Waals surface area contributed by atoms with Gasteiger partial charge in [0.15, 0.2) is 5.78 Å². The third-order valence-corrected chi connectivity index (χ3v) is 4.99. The van der Waals surface area contributed by atoms with Crippen molar-refractivity contribution in [1.82, 2.24) is 4.98 Å². The van der Waals surface area contributed by atoms with E-state index >= 15 is 0 Å². The number of hydrogen-bond donors (Lipinski definition) is 0. The Bertz CT molecular complexity index is 945. The van der Waals surface area contributed by atoms with Gasteiger partial charge in [0, 0.05) is 5.56 Å². The zero-order valence-electron chi connectivity index (χ0n) is 10.6. The molecular weight excluding hydrogens is 353 g/mol. The molecule has 0 fully saturated rings. The maximum atomic E-state index is 13.5. The topological polar surface area (TPSA) is 30.0 Å². The highest BCUT2D eigenvalue weighted by atomic mass is 79.9. The largest absolute Gasteiger partial charge is 0.289 e. The van der Waals surface area contributed by atoms with Crippen LogP contribution in [0.15, 0.2) is 40.2 Å². The summed E-state index contributed by atoms with van der Waals surface area (Å²) in [6.45, 7) is 0. The van der Waals surface area contributed by atoms with Crippen molar-refractivity contribution in [3.8, 4) is 11.1 Å². The Labute approximate surface area is 132 Å². The summed E-state index contributed by atoms with van der Waals surface area (Å²) in [5.41, 5.74) is 3.78. The molecule has 21 heavy (non-hydrogen) atoms. The minimum absolute atomic E-state index is 0.0525. The highest BCUT2D eigenvalue weighted by Crippen LogP contribution is 2.39. The summed E-state index contributed by atoms with van der Waals surface area (Å²) in [6, 6.07) is 6.73. The number of ketones is 1. The Morgan fingerprint density at radius 1 is 1.14 bits per heavy atom. The molecule has 0 unspecified atom stereocenters. The molecule has 0 atom stereocenters. The number of allylic oxidation sites excluding steroid dienone is 1. The lowest BCUT2D eigenvalue weighted by Gasteiger charge is -2.10. The minimum atomic E-state index is -0.323. The number of nitrogens with zero attached hydrogens (tertiary/aromatic N) is 1. The van der Waals surface area contributed by atoms with Crippen molar-refractivity contribution in [3.63, 3.8) is 0 Å². The zero-order chi connectivity index (χ0) is 14.6. The van der Waals surface area contributed by atoms with Crippen LogP contribution >= 0.6 is 27.3 Å². The highest BCUT2D eigenvalue weighted by molar-refractivity contribution is 9.10. The van der Waals surface area contributed by atoms with Crippen LogP contribution in [-0.2, 0) is 0 Å². The predicted octanol–water partition coefficient (Wildman–Crippen LogP) is 5.07. The number of thiophene rings is 1. The molecule has 3 aromatic rings. The van der Waals surface area contributed by atoms with E-state index in [4.69, 9.17) is 0 Å². The molecular formula is C16H7BrFNOS. The molecule has 1 aromatic carbocycles. The van der Waals surface area contributed by atoms with Gasteiger partial charge in [-0.1, -0.05) is 6.07 Å². The molecule has 0 bridgehead atoms. The molecule has 0 spiro atoms. The highest BCUT2D eigenvalue weighted by Gasteiger charge is 2.24. The summed E-state index contributed by atoms with van der Waals surface area (Å²) in [5.74, 6) is -0.375. The Morgan fingerprint density at radius 3 is 2.81 bits per heavy atom. The summed E-state index contributed by atoms with van der Waals surface area (Å²) in [5, 5.41) is 1.95. The number of benzene rings is 1. The Morgan fingerprint density at radius 2 is 2.00 bits per heavy atom. The van der Waals surface area contributed by atoms with Gasteiger partial charge in [-0.15, -0.1) is 11.3 Å². The van der Waals surface area contributed by atoms with Gasteiger partial charge in [0.25, 0.3) is 0 Å². The van der Waals surface area contributed by atoms with E-state index in [2.05, 4.69) is 20.9 Å². The van der Waals surface area contributed by atoms with Gasteiger partial charge >= 0.3 is 0 Å². The average Bonchev–Trinajstić information content (AvgIpc) is 3.07. The molecule has 0 saturated carbocycles. The molecule has 0 radical (unpaired) electrons. The van der Waals surface area contributed by atoms with Gasteiger partial charge in [-0.05, 0) is 57.2 Å². The molecule has 5 heteroatoms. The van der Waals surface area contributed by atoms with Gasteiger partial charge in [-0.25, -0.2) is 9.37 Å². The molecule has 0 amide bonds. The third kappa shape index (κ3) is 1.88. The number of carbonyl (C=O) groups is 1. The third-order valence-electron chi connectivity index (χ3n) is 3.47. The molecule has 1 aliphatic rings. The van der Waals surface area contributed by atoms with E-state index in [-0.39, 0.29) is 11.6 Å². The number of carbonyl (C=O) groups excluding carboxylic acids is 1. The van der Waals surface area contributed by atoms with E-state index in [1.165, 1.54) is 23.5 Å². The molecule has 2 nitrogen and oxygen atoms in total. The van der Waals surface area contributed by atoms with Crippen LogP contribution in [0.25, 0.3) is 27.4 Å². The summed E-state index contributed by atoms with van der Waals surface area (Å²) < 4.78 is 14.8. The summed E-state index contributed by atoms with van der Waals surface area (Å²) >= 11 is 4.74. The fourth-order valence-corrected chi connectivity index (χ4v) is 3.82. The first-order chi connectivity index (χ1) is 10.1. The second kappa shape index (κ2) is 4.58. The monoisotopic (exact) mass is 359 g/mol. The van der Waals surface area contributed by atoms with Gasteiger partial charge in [0.05, 0.1) is 25.9 Å². The molecule has 2 aromatic heterocycles. The fourth-order valence-electron chi connectivity index (χ4n) is 2.54. The van der Waals surface area contributed by atoms with Gasteiger partial charge in [-0.2, -0.15) is 0 Å². The first-order valence-electron chi connectivity index (χ1n) is 6.24. The van der Waals surface area contributed by atoms with E-state index < -0.39 is 0 Å². The quantitative estimate of drug-likeness (QED) is 0.606. The van der Waals surface area contributed by atoms with Crippen molar-refractivity contribution in [3.05, 3.63) is 57.3 Å². The van der Waals surface area contributed by atoms with Gasteiger partial charge in [0.2, 0.25) is 0 Å². The normalized spacial score (nSPS) is 13.1. The molecule has 102 valence electrons. The summed E-state index contributed by atoms with van der Waals surface area (Å²) in [6.07, 6.45) is 3.26. The maximum absolute atomic E-state index is 13.5. The minimum Gasteiger partial charge on any atom is -0.289 e. The summed E-state index contributed by atoms with van der Waals surface area (Å²) in [7, 11) is 0. The Balaban J connectivity index is 2.12. The smallest absolute Gasteiger partial charge is 0.188 e. The Kier molecular flexibility index (Phi) is 2.80. The second-order valence-corrected chi connectivity index (χ2v) is 6.48. The fraction of sp³-hybridized carbons (Fsp3) is 0. The van der Waals surface area contributed by atoms with Gasteiger partial charge in [0.1, 0.15) is 5.82 Å². The van der Waals surface area contributed by atoms with E-state index in [0.29, 0.717) is 15.7 Å². The standard InChI is InChI=1S/C16H7BrFNOS/c17-9-7-8(1-2-10(9)18)14-15-11(3-4-13(15)20)19-12-5-6-21-16(12)14/h1-7H. The van der Waals surface area contributed by atoms with Gasteiger partial charge < -0.3 is 0 Å². The first-order valence-corrected chi connectivity index (χ1v) is 7.91. The Hall–Kier alpha value is -1.85. The van der Waals surface area contributed by atoms with Crippen molar-refractivity contribution >= 4 is 49.3 Å². The number of halogens is 2. The van der Waals surface area contributed by atoms with E-state index in [1.807, 2.05) is 11.4 Å². The summed E-state index contributed by atoms with van der Waals surface area (Å²) in [4.78, 5) is 16.7. The van der Waals surface area contributed by atoms with E-state index in [9.17, 15) is 9.18 Å². The van der Waals surface area contributed by atoms with Crippen LogP contribution in [0.1, 0.15) is 16.1 Å². The number of hydrogen-bond acceptors (Lipinski definition) is 3. The molecule has 0 aliphatic heterocycles. The molecule has 2 heterocycles. The van der Waals surface area contributed by atoms with E-state index in [0.717, 1.165) is 21.3 Å². The zero-order valence-corrected chi connectivity index (χ0v) is 13.0. The van der Waals surface area contributed by atoms with Crippen molar-refractivity contribution in [1.29, 1.82) is 0 Å². The lowest BCUT2D eigenvalue weighted by molar-refractivity contribution is 0.105. The predicted molar refractivity (Wildman–Crippen MR) is 86.1 cm³/mol. The number of rotatable bonds is 1. The van der Waals surface area contributed by atoms with Crippen molar-refractivity contribution in [2.24, 2.45) is 0 Å². The van der Waals surface area contributed by atoms with E-state index in [1.54, 1.807) is 18.2 Å². The lowest BCUT2D eigenvalue weighted by atomic mass is 9.98. The van der Waals surface area contributed by atoms with Crippen LogP contribution in [0.4, 0.5) is 4.39 Å². The van der Waals surface area contributed by atoms with Crippen molar-refractivity contribution in [2.75, 3.05) is 0 Å². The first kappa shape index (κ1) is 12.9. The maximum Gasteiger partial charge on any atom is 0.188 e. The molecule has 0 saturated heterocycles. The average molecular weight is 360 g/mol. The van der Waals surface area contributed by atoms with Crippen LogP contribution in [0.2, 0.25) is 0 Å². The number of aromatic nitrogens is 1. The number of pyridine rings is 1. The van der Waals surface area contributed by atoms with Gasteiger partial charge in [-0.3, -0.25) is 4.79 Å². The van der Waals surface area contributed by atoms with Crippen LogP contribution in [0.5, 0.6) is 0 Å². The second-order valence-electron chi connectivity index (χ2n) is 4.71. The number of fused-ring (bicyclic) bond motifs is 2.